The van der Waals surface area contributed by atoms with Gasteiger partial charge in [0.1, 0.15) is 0 Å². The summed E-state index contributed by atoms with van der Waals surface area (Å²) in [6.07, 6.45) is 5.99. The van der Waals surface area contributed by atoms with Crippen LogP contribution in [-0.4, -0.2) is 20.6 Å². The average Bonchev–Trinajstić information content (AvgIpc) is 2.96. The van der Waals surface area contributed by atoms with E-state index in [-0.39, 0.29) is 0 Å². The standard InChI is InChI=1S/C16H24N4/c1-10-6-5-7-15(10)18-12(3)14-9-17-16-8-11(2)19-20(16)13(14)4/h8-10,12,15,18H,5-7H2,1-4H3. The van der Waals surface area contributed by atoms with Crippen molar-refractivity contribution in [2.75, 3.05) is 0 Å². The summed E-state index contributed by atoms with van der Waals surface area (Å²) in [6, 6.07) is 2.98. The maximum absolute atomic E-state index is 4.54. The second kappa shape index (κ2) is 5.17. The highest BCUT2D eigenvalue weighted by atomic mass is 15.3. The Hall–Kier alpha value is -1.42. The number of nitrogens with zero attached hydrogens (tertiary/aromatic N) is 3. The molecule has 2 aromatic rings. The molecule has 3 atom stereocenters. The number of aromatic nitrogens is 3. The van der Waals surface area contributed by atoms with E-state index in [1.807, 2.05) is 23.7 Å². The topological polar surface area (TPSA) is 42.2 Å². The Morgan fingerprint density at radius 1 is 1.35 bits per heavy atom. The Morgan fingerprint density at radius 3 is 2.85 bits per heavy atom. The summed E-state index contributed by atoms with van der Waals surface area (Å²) in [4.78, 5) is 4.54. The van der Waals surface area contributed by atoms with E-state index in [1.54, 1.807) is 0 Å². The van der Waals surface area contributed by atoms with Crippen LogP contribution in [0.15, 0.2) is 12.3 Å². The SMILES string of the molecule is Cc1cc2ncc(C(C)NC3CCCC3C)c(C)n2n1. The molecule has 0 spiro atoms. The van der Waals surface area contributed by atoms with Crippen molar-refractivity contribution in [2.45, 2.75) is 59.0 Å². The molecular weight excluding hydrogens is 248 g/mol. The molecule has 20 heavy (non-hydrogen) atoms. The molecule has 1 aliphatic rings. The zero-order valence-corrected chi connectivity index (χ0v) is 12.8. The normalized spacial score (nSPS) is 24.4. The lowest BCUT2D eigenvalue weighted by molar-refractivity contribution is 0.386. The van der Waals surface area contributed by atoms with E-state index in [0.29, 0.717) is 12.1 Å². The van der Waals surface area contributed by atoms with Gasteiger partial charge in [0.2, 0.25) is 0 Å². The molecule has 2 heterocycles. The molecule has 0 aliphatic heterocycles. The predicted molar refractivity (Wildman–Crippen MR) is 80.8 cm³/mol. The lowest BCUT2D eigenvalue weighted by atomic mass is 10.0. The molecule has 1 aliphatic carbocycles. The van der Waals surface area contributed by atoms with Crippen LogP contribution in [0, 0.1) is 19.8 Å². The zero-order valence-electron chi connectivity index (χ0n) is 12.8. The van der Waals surface area contributed by atoms with Crippen molar-refractivity contribution < 1.29 is 0 Å². The number of aryl methyl sites for hydroxylation is 2. The third-order valence-corrected chi connectivity index (χ3v) is 4.68. The van der Waals surface area contributed by atoms with Gasteiger partial charge in [0.05, 0.1) is 5.69 Å². The van der Waals surface area contributed by atoms with E-state index in [1.165, 1.54) is 30.5 Å². The van der Waals surface area contributed by atoms with Crippen LogP contribution in [0.2, 0.25) is 0 Å². The summed E-state index contributed by atoms with van der Waals surface area (Å²) in [7, 11) is 0. The Bertz CT molecular complexity index is 616. The average molecular weight is 272 g/mol. The maximum Gasteiger partial charge on any atom is 0.155 e. The quantitative estimate of drug-likeness (QED) is 0.933. The minimum Gasteiger partial charge on any atom is -0.307 e. The molecule has 0 amide bonds. The third kappa shape index (κ3) is 2.33. The first-order valence-electron chi connectivity index (χ1n) is 7.64. The molecular formula is C16H24N4. The van der Waals surface area contributed by atoms with Crippen LogP contribution >= 0.6 is 0 Å². The van der Waals surface area contributed by atoms with E-state index in [9.17, 15) is 0 Å². The number of rotatable bonds is 3. The first kappa shape index (κ1) is 13.6. The van der Waals surface area contributed by atoms with E-state index in [2.05, 4.69) is 36.2 Å². The predicted octanol–water partition coefficient (Wildman–Crippen LogP) is 3.19. The minimum absolute atomic E-state index is 0.321. The molecule has 1 saturated carbocycles. The summed E-state index contributed by atoms with van der Waals surface area (Å²) in [5.74, 6) is 0.779. The van der Waals surface area contributed by atoms with Crippen LogP contribution in [0.4, 0.5) is 0 Å². The summed E-state index contributed by atoms with van der Waals surface area (Å²) in [5.41, 5.74) is 4.39. The van der Waals surface area contributed by atoms with Gasteiger partial charge < -0.3 is 5.32 Å². The van der Waals surface area contributed by atoms with Gasteiger partial charge in [-0.3, -0.25) is 0 Å². The van der Waals surface area contributed by atoms with Crippen molar-refractivity contribution in [3.63, 3.8) is 0 Å². The van der Waals surface area contributed by atoms with Crippen LogP contribution in [0.3, 0.4) is 0 Å². The van der Waals surface area contributed by atoms with Gasteiger partial charge in [-0.2, -0.15) is 5.10 Å². The lowest BCUT2D eigenvalue weighted by Crippen LogP contribution is -2.33. The van der Waals surface area contributed by atoms with E-state index in [4.69, 9.17) is 0 Å². The minimum atomic E-state index is 0.321. The van der Waals surface area contributed by atoms with E-state index in [0.717, 1.165) is 17.3 Å². The number of hydrogen-bond donors (Lipinski definition) is 1. The van der Waals surface area contributed by atoms with E-state index >= 15 is 0 Å². The highest BCUT2D eigenvalue weighted by Crippen LogP contribution is 2.28. The summed E-state index contributed by atoms with van der Waals surface area (Å²) >= 11 is 0. The number of nitrogens with one attached hydrogen (secondary N) is 1. The van der Waals surface area contributed by atoms with Crippen molar-refractivity contribution in [3.8, 4) is 0 Å². The second-order valence-corrected chi connectivity index (χ2v) is 6.26. The zero-order chi connectivity index (χ0) is 14.3. The van der Waals surface area contributed by atoms with Crippen LogP contribution in [0.1, 0.15) is 56.1 Å². The van der Waals surface area contributed by atoms with Gasteiger partial charge in [0.25, 0.3) is 0 Å². The Labute approximate surface area is 120 Å². The largest absolute Gasteiger partial charge is 0.307 e. The molecule has 2 aromatic heterocycles. The Kier molecular flexibility index (Phi) is 3.50. The third-order valence-electron chi connectivity index (χ3n) is 4.68. The highest BCUT2D eigenvalue weighted by Gasteiger charge is 2.25. The maximum atomic E-state index is 4.54. The number of fused-ring (bicyclic) bond motifs is 1. The summed E-state index contributed by atoms with van der Waals surface area (Å²) in [6.45, 7) is 8.72. The molecule has 108 valence electrons. The van der Waals surface area contributed by atoms with E-state index < -0.39 is 0 Å². The fraction of sp³-hybridized carbons (Fsp3) is 0.625. The van der Waals surface area contributed by atoms with Crippen molar-refractivity contribution in [3.05, 3.63) is 29.2 Å². The molecule has 3 unspecified atom stereocenters. The highest BCUT2D eigenvalue weighted by molar-refractivity contribution is 5.42. The molecule has 3 rings (SSSR count). The molecule has 4 nitrogen and oxygen atoms in total. The fourth-order valence-corrected chi connectivity index (χ4v) is 3.41. The number of hydrogen-bond acceptors (Lipinski definition) is 3. The monoisotopic (exact) mass is 272 g/mol. The van der Waals surface area contributed by atoms with Gasteiger partial charge in [0, 0.05) is 35.6 Å². The molecule has 1 N–H and O–H groups in total. The van der Waals surface area contributed by atoms with Crippen molar-refractivity contribution in [2.24, 2.45) is 5.92 Å². The van der Waals surface area contributed by atoms with Crippen molar-refractivity contribution >= 4 is 5.65 Å². The fourth-order valence-electron chi connectivity index (χ4n) is 3.41. The second-order valence-electron chi connectivity index (χ2n) is 6.26. The van der Waals surface area contributed by atoms with Gasteiger partial charge in [-0.1, -0.05) is 13.3 Å². The molecule has 0 bridgehead atoms. The first-order chi connectivity index (χ1) is 9.56. The Morgan fingerprint density at radius 2 is 2.15 bits per heavy atom. The smallest absolute Gasteiger partial charge is 0.155 e. The molecule has 1 fully saturated rings. The van der Waals surface area contributed by atoms with Crippen molar-refractivity contribution in [1.82, 2.24) is 19.9 Å². The summed E-state index contributed by atoms with van der Waals surface area (Å²) < 4.78 is 1.96. The van der Waals surface area contributed by atoms with Gasteiger partial charge in [0.15, 0.2) is 5.65 Å². The van der Waals surface area contributed by atoms with Gasteiger partial charge in [-0.05, 0) is 39.5 Å². The van der Waals surface area contributed by atoms with Crippen molar-refractivity contribution in [1.29, 1.82) is 0 Å². The van der Waals surface area contributed by atoms with Gasteiger partial charge in [-0.25, -0.2) is 9.50 Å². The molecule has 0 aromatic carbocycles. The van der Waals surface area contributed by atoms with Crippen LogP contribution in [-0.2, 0) is 0 Å². The summed E-state index contributed by atoms with van der Waals surface area (Å²) in [5, 5.41) is 8.30. The lowest BCUT2D eigenvalue weighted by Gasteiger charge is -2.24. The Balaban J connectivity index is 1.87. The van der Waals surface area contributed by atoms with Gasteiger partial charge >= 0.3 is 0 Å². The molecule has 0 saturated heterocycles. The first-order valence-corrected chi connectivity index (χ1v) is 7.64. The van der Waals surface area contributed by atoms with Gasteiger partial charge in [-0.15, -0.1) is 0 Å². The molecule has 0 radical (unpaired) electrons. The van der Waals surface area contributed by atoms with Crippen LogP contribution < -0.4 is 5.32 Å². The molecule has 4 heteroatoms. The van der Waals surface area contributed by atoms with Crippen LogP contribution in [0.5, 0.6) is 0 Å². The van der Waals surface area contributed by atoms with Crippen LogP contribution in [0.25, 0.3) is 5.65 Å².